The molecule has 2 aliphatic heterocycles. The molecule has 2 aliphatic rings. The monoisotopic (exact) mass is 382 g/mol. The van der Waals surface area contributed by atoms with Crippen LogP contribution in [0.25, 0.3) is 0 Å². The minimum Gasteiger partial charge on any atom is -0.486 e. The molecule has 1 amide bonds. The molecule has 1 aromatic heterocycles. The second-order valence-corrected chi connectivity index (χ2v) is 7.65. The Hall–Kier alpha value is -2.06. The average molecular weight is 382 g/mol. The quantitative estimate of drug-likeness (QED) is 0.797. The van der Waals surface area contributed by atoms with Gasteiger partial charge in [-0.25, -0.2) is 0 Å². The van der Waals surface area contributed by atoms with Crippen molar-refractivity contribution in [2.45, 2.75) is 24.9 Å². The molecule has 2 aromatic rings. The first-order valence-electron chi connectivity index (χ1n) is 8.23. The van der Waals surface area contributed by atoms with E-state index in [0.717, 1.165) is 18.7 Å². The molecule has 26 heavy (non-hydrogen) atoms. The number of likely N-dealkylation sites (tertiary alicyclic amines) is 1. The van der Waals surface area contributed by atoms with Crippen molar-refractivity contribution in [1.82, 2.24) is 9.80 Å². The maximum atomic E-state index is 13.0. The Morgan fingerprint density at radius 3 is 2.77 bits per heavy atom. The second kappa shape index (κ2) is 6.28. The minimum absolute atomic E-state index is 0.0264. The van der Waals surface area contributed by atoms with Gasteiger partial charge in [0.1, 0.15) is 11.9 Å². The van der Waals surface area contributed by atoms with Crippen LogP contribution in [0.3, 0.4) is 0 Å². The van der Waals surface area contributed by atoms with E-state index < -0.39 is 17.6 Å². The van der Waals surface area contributed by atoms with E-state index in [1.54, 1.807) is 18.4 Å². The van der Waals surface area contributed by atoms with Gasteiger partial charge >= 0.3 is 6.18 Å². The zero-order valence-corrected chi connectivity index (χ0v) is 14.8. The molecule has 1 aromatic carbocycles. The summed E-state index contributed by atoms with van der Waals surface area (Å²) in [5, 5.41) is 2.02. The van der Waals surface area contributed by atoms with Gasteiger partial charge in [-0.05, 0) is 29.6 Å². The highest BCUT2D eigenvalue weighted by Gasteiger charge is 2.43. The molecule has 4 rings (SSSR count). The van der Waals surface area contributed by atoms with Crippen LogP contribution in [0, 0.1) is 0 Å². The Bertz CT molecular complexity index is 822. The smallest absolute Gasteiger partial charge is 0.416 e. The van der Waals surface area contributed by atoms with Crippen LogP contribution in [0.1, 0.15) is 20.8 Å². The number of fused-ring (bicyclic) bond motifs is 2. The average Bonchev–Trinajstić information content (AvgIpc) is 3.21. The number of amides is 1. The molecular weight excluding hydrogens is 365 g/mol. The predicted molar refractivity (Wildman–Crippen MR) is 91.3 cm³/mol. The third kappa shape index (κ3) is 3.07. The highest BCUT2D eigenvalue weighted by Crippen LogP contribution is 2.36. The number of ether oxygens (including phenoxy) is 1. The number of benzene rings is 1. The summed E-state index contributed by atoms with van der Waals surface area (Å²) in [7, 11) is 1.63. The SMILES string of the molecule is CN1C(=O)c2cc(C(F)(F)F)ccc2O[C@H]2CN(Cc3cccs3)C[C@H]21. The van der Waals surface area contributed by atoms with Gasteiger partial charge in [0.05, 0.1) is 17.2 Å². The van der Waals surface area contributed by atoms with Crippen molar-refractivity contribution in [2.75, 3.05) is 20.1 Å². The normalized spacial score (nSPS) is 23.4. The van der Waals surface area contributed by atoms with Crippen LogP contribution in [0.2, 0.25) is 0 Å². The van der Waals surface area contributed by atoms with E-state index in [1.807, 2.05) is 11.4 Å². The van der Waals surface area contributed by atoms with Gasteiger partial charge in [-0.3, -0.25) is 9.69 Å². The predicted octanol–water partition coefficient (Wildman–Crippen LogP) is 3.48. The number of hydrogen-bond donors (Lipinski definition) is 0. The Morgan fingerprint density at radius 2 is 2.08 bits per heavy atom. The van der Waals surface area contributed by atoms with Gasteiger partial charge < -0.3 is 9.64 Å². The lowest BCUT2D eigenvalue weighted by atomic mass is 10.1. The number of likely N-dealkylation sites (N-methyl/N-ethyl adjacent to an activating group) is 1. The largest absolute Gasteiger partial charge is 0.486 e. The van der Waals surface area contributed by atoms with Gasteiger partial charge in [0.15, 0.2) is 0 Å². The van der Waals surface area contributed by atoms with Crippen molar-refractivity contribution < 1.29 is 22.7 Å². The summed E-state index contributed by atoms with van der Waals surface area (Å²) in [5.74, 6) is -0.211. The molecule has 4 nitrogen and oxygen atoms in total. The van der Waals surface area contributed by atoms with E-state index in [-0.39, 0.29) is 23.5 Å². The summed E-state index contributed by atoms with van der Waals surface area (Å²) in [6, 6.07) is 6.97. The van der Waals surface area contributed by atoms with Crippen molar-refractivity contribution in [3.8, 4) is 5.75 Å². The number of hydrogen-bond acceptors (Lipinski definition) is 4. The maximum Gasteiger partial charge on any atom is 0.416 e. The zero-order chi connectivity index (χ0) is 18.5. The van der Waals surface area contributed by atoms with Crippen LogP contribution in [0.15, 0.2) is 35.7 Å². The molecular formula is C18H17F3N2O2S. The summed E-state index contributed by atoms with van der Waals surface area (Å²) in [6.45, 7) is 2.03. The Kier molecular flexibility index (Phi) is 4.19. The molecule has 0 aliphatic carbocycles. The van der Waals surface area contributed by atoms with Crippen molar-refractivity contribution in [1.29, 1.82) is 0 Å². The number of halogens is 3. The van der Waals surface area contributed by atoms with Gasteiger partial charge in [-0.2, -0.15) is 13.2 Å². The van der Waals surface area contributed by atoms with Gasteiger partial charge in [0, 0.05) is 31.6 Å². The van der Waals surface area contributed by atoms with Gasteiger partial charge in [0.2, 0.25) is 0 Å². The molecule has 1 saturated heterocycles. The van der Waals surface area contributed by atoms with Crippen LogP contribution in [-0.4, -0.2) is 48.0 Å². The topological polar surface area (TPSA) is 32.8 Å². The molecule has 0 bridgehead atoms. The van der Waals surface area contributed by atoms with Crippen LogP contribution in [0.4, 0.5) is 13.2 Å². The third-order valence-corrected chi connectivity index (χ3v) is 5.77. The van der Waals surface area contributed by atoms with Gasteiger partial charge in [-0.1, -0.05) is 6.07 Å². The molecule has 0 radical (unpaired) electrons. The summed E-state index contributed by atoms with van der Waals surface area (Å²) < 4.78 is 44.9. The van der Waals surface area contributed by atoms with E-state index in [2.05, 4.69) is 11.0 Å². The van der Waals surface area contributed by atoms with E-state index in [9.17, 15) is 18.0 Å². The maximum absolute atomic E-state index is 13.0. The van der Waals surface area contributed by atoms with Crippen molar-refractivity contribution in [2.24, 2.45) is 0 Å². The highest BCUT2D eigenvalue weighted by molar-refractivity contribution is 7.09. The Morgan fingerprint density at radius 1 is 1.27 bits per heavy atom. The number of alkyl halides is 3. The van der Waals surface area contributed by atoms with Crippen LogP contribution in [-0.2, 0) is 12.7 Å². The fraction of sp³-hybridized carbons (Fsp3) is 0.389. The van der Waals surface area contributed by atoms with Crippen LogP contribution < -0.4 is 4.74 Å². The molecule has 0 N–H and O–H groups in total. The molecule has 1 fully saturated rings. The van der Waals surface area contributed by atoms with Gasteiger partial charge in [-0.15, -0.1) is 11.3 Å². The van der Waals surface area contributed by atoms with E-state index in [1.165, 1.54) is 15.8 Å². The summed E-state index contributed by atoms with van der Waals surface area (Å²) in [5.41, 5.74) is -0.866. The lowest BCUT2D eigenvalue weighted by Gasteiger charge is -2.25. The Labute approximate surface area is 152 Å². The Balaban J connectivity index is 1.60. The summed E-state index contributed by atoms with van der Waals surface area (Å²) in [4.78, 5) is 17.7. The molecule has 0 saturated carbocycles. The summed E-state index contributed by atoms with van der Waals surface area (Å²) in [6.07, 6.45) is -4.75. The molecule has 8 heteroatoms. The number of carbonyl (C=O) groups excluding carboxylic acids is 1. The van der Waals surface area contributed by atoms with Gasteiger partial charge in [0.25, 0.3) is 5.91 Å². The van der Waals surface area contributed by atoms with Crippen LogP contribution >= 0.6 is 11.3 Å². The zero-order valence-electron chi connectivity index (χ0n) is 14.0. The van der Waals surface area contributed by atoms with Crippen LogP contribution in [0.5, 0.6) is 5.75 Å². The molecule has 3 heterocycles. The lowest BCUT2D eigenvalue weighted by Crippen LogP contribution is -2.44. The first-order valence-corrected chi connectivity index (χ1v) is 9.10. The van der Waals surface area contributed by atoms with E-state index >= 15 is 0 Å². The highest BCUT2D eigenvalue weighted by atomic mass is 32.1. The standard InChI is InChI=1S/C18H17F3N2O2S/c1-22-14-9-23(8-12-3-2-6-26-12)10-16(14)25-15-5-4-11(18(19,20)21)7-13(15)17(22)24/h2-7,14,16H,8-10H2,1H3/t14-,16+/m1/s1. The third-order valence-electron chi connectivity index (χ3n) is 4.91. The first-order chi connectivity index (χ1) is 12.3. The summed E-state index contributed by atoms with van der Waals surface area (Å²) >= 11 is 1.67. The van der Waals surface area contributed by atoms with Crippen molar-refractivity contribution in [3.05, 3.63) is 51.7 Å². The van der Waals surface area contributed by atoms with E-state index in [4.69, 9.17) is 4.74 Å². The number of rotatable bonds is 2. The molecule has 0 unspecified atom stereocenters. The molecule has 2 atom stereocenters. The fourth-order valence-electron chi connectivity index (χ4n) is 3.55. The first kappa shape index (κ1) is 17.4. The molecule has 0 spiro atoms. The molecule has 138 valence electrons. The second-order valence-electron chi connectivity index (χ2n) is 6.62. The van der Waals surface area contributed by atoms with E-state index in [0.29, 0.717) is 13.1 Å². The number of carbonyl (C=O) groups is 1. The number of thiophene rings is 1. The van der Waals surface area contributed by atoms with Crippen molar-refractivity contribution in [3.63, 3.8) is 0 Å². The fourth-order valence-corrected chi connectivity index (χ4v) is 4.30. The lowest BCUT2D eigenvalue weighted by molar-refractivity contribution is -0.137. The minimum atomic E-state index is -4.49. The number of nitrogens with zero attached hydrogens (tertiary/aromatic N) is 2. The van der Waals surface area contributed by atoms with Crippen molar-refractivity contribution >= 4 is 17.2 Å².